The maximum absolute atomic E-state index is 11.6. The van der Waals surface area contributed by atoms with Crippen LogP contribution in [0.4, 0.5) is 5.95 Å². The topological polar surface area (TPSA) is 66.3 Å². The Labute approximate surface area is 120 Å². The van der Waals surface area contributed by atoms with Crippen molar-refractivity contribution in [2.75, 3.05) is 18.0 Å². The summed E-state index contributed by atoms with van der Waals surface area (Å²) in [5, 5.41) is 9.52. The number of carboxylic acid groups (broad SMARTS) is 1. The number of rotatable bonds is 4. The van der Waals surface area contributed by atoms with Crippen molar-refractivity contribution in [1.29, 1.82) is 0 Å². The van der Waals surface area contributed by atoms with E-state index >= 15 is 0 Å². The Morgan fingerprint density at radius 2 is 1.85 bits per heavy atom. The van der Waals surface area contributed by atoms with Gasteiger partial charge in [0.1, 0.15) is 0 Å². The van der Waals surface area contributed by atoms with Gasteiger partial charge in [0.25, 0.3) is 0 Å². The van der Waals surface area contributed by atoms with Crippen molar-refractivity contribution in [3.63, 3.8) is 0 Å². The van der Waals surface area contributed by atoms with Gasteiger partial charge in [-0.05, 0) is 39.2 Å². The summed E-state index contributed by atoms with van der Waals surface area (Å²) < 4.78 is 0. The third-order valence-electron chi connectivity index (χ3n) is 4.16. The predicted octanol–water partition coefficient (Wildman–Crippen LogP) is 2.56. The third kappa shape index (κ3) is 2.92. The van der Waals surface area contributed by atoms with Crippen molar-refractivity contribution in [3.8, 4) is 0 Å². The van der Waals surface area contributed by atoms with Crippen LogP contribution in [0.1, 0.15) is 44.0 Å². The summed E-state index contributed by atoms with van der Waals surface area (Å²) in [5.74, 6) is 0.0818. The molecule has 0 aromatic carbocycles. The summed E-state index contributed by atoms with van der Waals surface area (Å²) in [6.45, 7) is 7.40. The average Bonchev–Trinajstić information content (AvgIpc) is 2.38. The molecule has 1 aromatic heterocycles. The van der Waals surface area contributed by atoms with E-state index in [-0.39, 0.29) is 0 Å². The van der Waals surface area contributed by atoms with Gasteiger partial charge in [-0.3, -0.25) is 4.79 Å². The first kappa shape index (κ1) is 14.8. The van der Waals surface area contributed by atoms with Crippen molar-refractivity contribution >= 4 is 11.9 Å². The van der Waals surface area contributed by atoms with E-state index in [4.69, 9.17) is 0 Å². The van der Waals surface area contributed by atoms with Gasteiger partial charge in [-0.1, -0.05) is 13.3 Å². The van der Waals surface area contributed by atoms with Gasteiger partial charge in [-0.15, -0.1) is 0 Å². The molecular formula is C15H23N3O2. The largest absolute Gasteiger partial charge is 0.481 e. The number of anilines is 1. The standard InChI is InChI=1S/C15H23N3O2/c1-4-5-15(13(19)20)6-8-18(9-7-15)14-16-11(2)10-12(3)17-14/h10H,4-9H2,1-3H3,(H,19,20). The van der Waals surface area contributed by atoms with E-state index in [1.165, 1.54) is 0 Å². The lowest BCUT2D eigenvalue weighted by atomic mass is 9.75. The fourth-order valence-electron chi connectivity index (χ4n) is 3.03. The Kier molecular flexibility index (Phi) is 4.26. The zero-order chi connectivity index (χ0) is 14.8. The van der Waals surface area contributed by atoms with Gasteiger partial charge in [0.15, 0.2) is 0 Å². The molecule has 0 saturated carbocycles. The van der Waals surface area contributed by atoms with Gasteiger partial charge in [0, 0.05) is 24.5 Å². The Balaban J connectivity index is 2.12. The number of carbonyl (C=O) groups is 1. The van der Waals surface area contributed by atoms with E-state index in [0.29, 0.717) is 12.8 Å². The molecule has 2 heterocycles. The molecule has 5 nitrogen and oxygen atoms in total. The first-order chi connectivity index (χ1) is 9.47. The van der Waals surface area contributed by atoms with Crippen LogP contribution in [-0.2, 0) is 4.79 Å². The van der Waals surface area contributed by atoms with Crippen LogP contribution in [0, 0.1) is 19.3 Å². The second-order valence-electron chi connectivity index (χ2n) is 5.77. The monoisotopic (exact) mass is 277 g/mol. The molecule has 110 valence electrons. The Morgan fingerprint density at radius 1 is 1.30 bits per heavy atom. The highest BCUT2D eigenvalue weighted by Crippen LogP contribution is 2.37. The second kappa shape index (κ2) is 5.77. The van der Waals surface area contributed by atoms with Crippen molar-refractivity contribution in [2.45, 2.75) is 46.5 Å². The summed E-state index contributed by atoms with van der Waals surface area (Å²) in [6, 6.07) is 1.95. The Morgan fingerprint density at radius 3 is 2.30 bits per heavy atom. The minimum absolute atomic E-state index is 0.551. The molecule has 0 spiro atoms. The van der Waals surface area contributed by atoms with Crippen LogP contribution in [0.3, 0.4) is 0 Å². The fraction of sp³-hybridized carbons (Fsp3) is 0.667. The van der Waals surface area contributed by atoms with Crippen LogP contribution >= 0.6 is 0 Å². The molecule has 0 atom stereocenters. The Bertz CT molecular complexity index is 474. The molecule has 5 heteroatoms. The quantitative estimate of drug-likeness (QED) is 0.916. The molecular weight excluding hydrogens is 254 g/mol. The van der Waals surface area contributed by atoms with Crippen LogP contribution < -0.4 is 4.90 Å². The van der Waals surface area contributed by atoms with Crippen LogP contribution in [0.5, 0.6) is 0 Å². The van der Waals surface area contributed by atoms with Crippen molar-refractivity contribution in [1.82, 2.24) is 9.97 Å². The smallest absolute Gasteiger partial charge is 0.309 e. The molecule has 1 aliphatic heterocycles. The highest BCUT2D eigenvalue weighted by molar-refractivity contribution is 5.75. The van der Waals surface area contributed by atoms with Gasteiger partial charge in [-0.2, -0.15) is 0 Å². The zero-order valence-electron chi connectivity index (χ0n) is 12.5. The lowest BCUT2D eigenvalue weighted by Gasteiger charge is -2.38. The highest BCUT2D eigenvalue weighted by atomic mass is 16.4. The number of hydrogen-bond donors (Lipinski definition) is 1. The van der Waals surface area contributed by atoms with Gasteiger partial charge in [-0.25, -0.2) is 9.97 Å². The molecule has 0 amide bonds. The number of hydrogen-bond acceptors (Lipinski definition) is 4. The second-order valence-corrected chi connectivity index (χ2v) is 5.77. The highest BCUT2D eigenvalue weighted by Gasteiger charge is 2.41. The summed E-state index contributed by atoms with van der Waals surface area (Å²) >= 11 is 0. The van der Waals surface area contributed by atoms with Crippen LogP contribution in [0.2, 0.25) is 0 Å². The molecule has 0 aliphatic carbocycles. The molecule has 0 radical (unpaired) electrons. The van der Waals surface area contributed by atoms with Gasteiger partial charge < -0.3 is 10.0 Å². The van der Waals surface area contributed by atoms with Crippen LogP contribution in [0.15, 0.2) is 6.07 Å². The van der Waals surface area contributed by atoms with Crippen LogP contribution in [-0.4, -0.2) is 34.1 Å². The third-order valence-corrected chi connectivity index (χ3v) is 4.16. The van der Waals surface area contributed by atoms with Crippen molar-refractivity contribution < 1.29 is 9.90 Å². The molecule has 1 fully saturated rings. The van der Waals surface area contributed by atoms with E-state index in [1.807, 2.05) is 26.8 Å². The van der Waals surface area contributed by atoms with E-state index in [2.05, 4.69) is 14.9 Å². The van der Waals surface area contributed by atoms with Crippen LogP contribution in [0.25, 0.3) is 0 Å². The molecule has 1 N–H and O–H groups in total. The van der Waals surface area contributed by atoms with Crippen molar-refractivity contribution in [3.05, 3.63) is 17.5 Å². The predicted molar refractivity (Wildman–Crippen MR) is 77.9 cm³/mol. The average molecular weight is 277 g/mol. The minimum atomic E-state index is -0.652. The zero-order valence-corrected chi connectivity index (χ0v) is 12.5. The Hall–Kier alpha value is -1.65. The van der Waals surface area contributed by atoms with E-state index in [0.717, 1.165) is 43.3 Å². The maximum atomic E-state index is 11.6. The molecule has 1 aliphatic rings. The number of aromatic nitrogens is 2. The summed E-state index contributed by atoms with van der Waals surface area (Å²) in [6.07, 6.45) is 3.01. The maximum Gasteiger partial charge on any atom is 0.309 e. The molecule has 1 aromatic rings. The fourth-order valence-corrected chi connectivity index (χ4v) is 3.03. The molecule has 0 bridgehead atoms. The normalized spacial score (nSPS) is 18.1. The van der Waals surface area contributed by atoms with E-state index in [1.54, 1.807) is 0 Å². The molecule has 0 unspecified atom stereocenters. The lowest BCUT2D eigenvalue weighted by molar-refractivity contribution is -0.150. The van der Waals surface area contributed by atoms with E-state index < -0.39 is 11.4 Å². The van der Waals surface area contributed by atoms with E-state index in [9.17, 15) is 9.90 Å². The lowest BCUT2D eigenvalue weighted by Crippen LogP contribution is -2.45. The molecule has 2 rings (SSSR count). The summed E-state index contributed by atoms with van der Waals surface area (Å²) in [5.41, 5.74) is 1.36. The summed E-state index contributed by atoms with van der Waals surface area (Å²) in [4.78, 5) is 22.6. The number of nitrogens with zero attached hydrogens (tertiary/aromatic N) is 3. The van der Waals surface area contributed by atoms with Crippen molar-refractivity contribution in [2.24, 2.45) is 5.41 Å². The van der Waals surface area contributed by atoms with Gasteiger partial charge in [0.05, 0.1) is 5.41 Å². The number of piperidine rings is 1. The molecule has 20 heavy (non-hydrogen) atoms. The first-order valence-electron chi connectivity index (χ1n) is 7.27. The number of aliphatic carboxylic acids is 1. The number of aryl methyl sites for hydroxylation is 2. The minimum Gasteiger partial charge on any atom is -0.481 e. The summed E-state index contributed by atoms with van der Waals surface area (Å²) in [7, 11) is 0. The molecule has 1 saturated heterocycles. The number of carboxylic acids is 1. The van der Waals surface area contributed by atoms with Gasteiger partial charge in [0.2, 0.25) is 5.95 Å². The van der Waals surface area contributed by atoms with Gasteiger partial charge >= 0.3 is 5.97 Å². The first-order valence-corrected chi connectivity index (χ1v) is 7.27. The SMILES string of the molecule is CCCC1(C(=O)O)CCN(c2nc(C)cc(C)n2)CC1.